The quantitative estimate of drug-likeness (QED) is 0.722. The molecule has 1 N–H and O–H groups in total. The fraction of sp³-hybridized carbons (Fsp3) is 0.273. The number of allylic oxidation sites excluding steroid dienone is 5. The van der Waals surface area contributed by atoms with Gasteiger partial charge in [-0.2, -0.15) is 0 Å². The van der Waals surface area contributed by atoms with Gasteiger partial charge in [0, 0.05) is 6.04 Å². The van der Waals surface area contributed by atoms with Crippen LogP contribution < -0.4 is 5.32 Å². The van der Waals surface area contributed by atoms with E-state index in [1.54, 1.807) is 11.8 Å². The van der Waals surface area contributed by atoms with Crippen LogP contribution >= 0.6 is 11.8 Å². The Morgan fingerprint density at radius 3 is 2.85 bits per heavy atom. The van der Waals surface area contributed by atoms with E-state index in [1.165, 1.54) is 0 Å². The molecule has 1 aliphatic heterocycles. The number of hydrogen-bond acceptors (Lipinski definition) is 2. The molecule has 0 fully saturated rings. The molecule has 0 aromatic heterocycles. The van der Waals surface area contributed by atoms with Crippen molar-refractivity contribution in [1.82, 2.24) is 5.32 Å². The normalized spacial score (nSPS) is 21.8. The maximum atomic E-state index is 3.92. The monoisotopic (exact) mass is 193 g/mol. The van der Waals surface area contributed by atoms with Crippen molar-refractivity contribution >= 4 is 11.8 Å². The van der Waals surface area contributed by atoms with Crippen molar-refractivity contribution in [3.63, 3.8) is 0 Å². The summed E-state index contributed by atoms with van der Waals surface area (Å²) in [5, 5.41) is 6.57. The number of thioether (sulfide) groups is 1. The van der Waals surface area contributed by atoms with Crippen molar-refractivity contribution in [3.05, 3.63) is 46.9 Å². The highest BCUT2D eigenvalue weighted by atomic mass is 32.2. The zero-order valence-electron chi connectivity index (χ0n) is 8.08. The van der Waals surface area contributed by atoms with Gasteiger partial charge in [-0.3, -0.25) is 0 Å². The lowest BCUT2D eigenvalue weighted by atomic mass is 10.2. The molecule has 1 aliphatic rings. The van der Waals surface area contributed by atoms with Gasteiger partial charge >= 0.3 is 0 Å². The van der Waals surface area contributed by atoms with Crippen molar-refractivity contribution in [2.45, 2.75) is 19.9 Å². The number of hydrogen-bond donors (Lipinski definition) is 1. The van der Waals surface area contributed by atoms with E-state index in [4.69, 9.17) is 0 Å². The average Bonchev–Trinajstić information content (AvgIpc) is 1.98. The summed E-state index contributed by atoms with van der Waals surface area (Å²) >= 11 is 1.69. The third-order valence-corrected chi connectivity index (χ3v) is 2.23. The molecule has 1 rings (SSSR count). The first-order chi connectivity index (χ1) is 6.18. The summed E-state index contributed by atoms with van der Waals surface area (Å²) in [5.74, 6) is 0. The molecule has 2 heteroatoms. The minimum Gasteiger partial charge on any atom is -0.377 e. The molecular formula is C11H15NS. The van der Waals surface area contributed by atoms with E-state index in [0.29, 0.717) is 6.04 Å². The summed E-state index contributed by atoms with van der Waals surface area (Å²) < 4.78 is 0. The summed E-state index contributed by atoms with van der Waals surface area (Å²) in [6, 6.07) is 0.461. The SMILES string of the molecule is C=C1C=C(NC(C)C)S/C=C\C=C/1. The molecule has 0 unspecified atom stereocenters. The van der Waals surface area contributed by atoms with E-state index >= 15 is 0 Å². The standard InChI is InChI=1S/C11H15NS/c1-9(2)12-11-8-10(3)6-4-5-7-13-11/h4-9,12H,3H2,1-2H3/b6-4-,7-5-,11-8?. The van der Waals surface area contributed by atoms with Crippen LogP contribution in [0.2, 0.25) is 0 Å². The summed E-state index contributed by atoms with van der Waals surface area (Å²) in [4.78, 5) is 0. The molecule has 0 saturated heterocycles. The fourth-order valence-corrected chi connectivity index (χ4v) is 1.79. The van der Waals surface area contributed by atoms with Gasteiger partial charge in [-0.15, -0.1) is 0 Å². The van der Waals surface area contributed by atoms with Gasteiger partial charge in [-0.25, -0.2) is 0 Å². The lowest BCUT2D eigenvalue weighted by molar-refractivity contribution is 0.694. The van der Waals surface area contributed by atoms with Crippen LogP contribution in [0.25, 0.3) is 0 Å². The zero-order valence-corrected chi connectivity index (χ0v) is 8.90. The topological polar surface area (TPSA) is 12.0 Å². The smallest absolute Gasteiger partial charge is 0.0731 e. The maximum absolute atomic E-state index is 3.92. The highest BCUT2D eigenvalue weighted by Crippen LogP contribution is 2.18. The summed E-state index contributed by atoms with van der Waals surface area (Å²) in [7, 11) is 0. The van der Waals surface area contributed by atoms with E-state index in [1.807, 2.05) is 18.2 Å². The molecule has 0 bridgehead atoms. The van der Waals surface area contributed by atoms with E-state index in [2.05, 4.69) is 37.2 Å². The van der Waals surface area contributed by atoms with Gasteiger partial charge in [0.15, 0.2) is 0 Å². The first kappa shape index (κ1) is 10.2. The van der Waals surface area contributed by atoms with Crippen LogP contribution in [0.4, 0.5) is 0 Å². The van der Waals surface area contributed by atoms with E-state index in [0.717, 1.165) is 10.6 Å². The molecule has 0 atom stereocenters. The molecule has 1 nitrogen and oxygen atoms in total. The minimum absolute atomic E-state index is 0.461. The van der Waals surface area contributed by atoms with Crippen LogP contribution in [-0.2, 0) is 0 Å². The third-order valence-electron chi connectivity index (χ3n) is 1.44. The first-order valence-electron chi connectivity index (χ1n) is 4.35. The third kappa shape index (κ3) is 4.04. The van der Waals surface area contributed by atoms with Crippen molar-refractivity contribution in [1.29, 1.82) is 0 Å². The predicted octanol–water partition coefficient (Wildman–Crippen LogP) is 3.20. The van der Waals surface area contributed by atoms with Crippen molar-refractivity contribution < 1.29 is 0 Å². The Morgan fingerprint density at radius 1 is 1.38 bits per heavy atom. The Hall–Kier alpha value is -0.890. The van der Waals surface area contributed by atoms with Crippen LogP contribution in [0.1, 0.15) is 13.8 Å². The Labute approximate surface area is 84.3 Å². The van der Waals surface area contributed by atoms with Crippen molar-refractivity contribution in [2.24, 2.45) is 0 Å². The van der Waals surface area contributed by atoms with Crippen LogP contribution in [-0.4, -0.2) is 6.04 Å². The summed E-state index contributed by atoms with van der Waals surface area (Å²) in [6.07, 6.45) is 8.08. The molecule has 0 spiro atoms. The predicted molar refractivity (Wildman–Crippen MR) is 61.4 cm³/mol. The van der Waals surface area contributed by atoms with Gasteiger partial charge in [-0.05, 0) is 30.9 Å². The van der Waals surface area contributed by atoms with Crippen LogP contribution in [0.15, 0.2) is 46.9 Å². The zero-order chi connectivity index (χ0) is 9.68. The molecule has 0 aromatic rings. The minimum atomic E-state index is 0.461. The lowest BCUT2D eigenvalue weighted by Gasteiger charge is -2.12. The van der Waals surface area contributed by atoms with Crippen LogP contribution in [0, 0.1) is 0 Å². The Kier molecular flexibility index (Phi) is 3.90. The molecule has 0 aliphatic carbocycles. The largest absolute Gasteiger partial charge is 0.377 e. The molecule has 70 valence electrons. The van der Waals surface area contributed by atoms with Crippen LogP contribution in [0.5, 0.6) is 0 Å². The molecule has 0 amide bonds. The number of nitrogens with one attached hydrogen (secondary N) is 1. The van der Waals surface area contributed by atoms with Gasteiger partial charge in [0.1, 0.15) is 0 Å². The van der Waals surface area contributed by atoms with Gasteiger partial charge in [0.25, 0.3) is 0 Å². The molecule has 1 heterocycles. The highest BCUT2D eigenvalue weighted by molar-refractivity contribution is 8.05. The van der Waals surface area contributed by atoms with Crippen LogP contribution in [0.3, 0.4) is 0 Å². The fourth-order valence-electron chi connectivity index (χ4n) is 0.948. The molecule has 0 aromatic carbocycles. The molecule has 13 heavy (non-hydrogen) atoms. The van der Waals surface area contributed by atoms with Crippen molar-refractivity contribution in [2.75, 3.05) is 0 Å². The second-order valence-corrected chi connectivity index (χ2v) is 4.14. The second kappa shape index (κ2) is 4.97. The molecule has 0 saturated carbocycles. The van der Waals surface area contributed by atoms with E-state index < -0.39 is 0 Å². The second-order valence-electron chi connectivity index (χ2n) is 3.19. The maximum Gasteiger partial charge on any atom is 0.0731 e. The lowest BCUT2D eigenvalue weighted by Crippen LogP contribution is -2.20. The number of rotatable bonds is 2. The highest BCUT2D eigenvalue weighted by Gasteiger charge is 1.99. The first-order valence-corrected chi connectivity index (χ1v) is 5.23. The average molecular weight is 193 g/mol. The van der Waals surface area contributed by atoms with E-state index in [-0.39, 0.29) is 0 Å². The van der Waals surface area contributed by atoms with Gasteiger partial charge < -0.3 is 5.32 Å². The Bertz CT molecular complexity index is 272. The van der Waals surface area contributed by atoms with Gasteiger partial charge in [0.2, 0.25) is 0 Å². The van der Waals surface area contributed by atoms with Gasteiger partial charge in [0.05, 0.1) is 5.03 Å². The van der Waals surface area contributed by atoms with Gasteiger partial charge in [-0.1, -0.05) is 36.6 Å². The van der Waals surface area contributed by atoms with E-state index in [9.17, 15) is 0 Å². The Morgan fingerprint density at radius 2 is 2.15 bits per heavy atom. The summed E-state index contributed by atoms with van der Waals surface area (Å²) in [6.45, 7) is 8.18. The van der Waals surface area contributed by atoms with Crippen molar-refractivity contribution in [3.8, 4) is 0 Å². The summed E-state index contributed by atoms with van der Waals surface area (Å²) in [5.41, 5.74) is 1.03. The molecular weight excluding hydrogens is 178 g/mol. The molecule has 0 radical (unpaired) electrons. The Balaban J connectivity index is 2.71.